The van der Waals surface area contributed by atoms with Crippen molar-refractivity contribution in [3.63, 3.8) is 0 Å². The Morgan fingerprint density at radius 3 is 2.31 bits per heavy atom. The summed E-state index contributed by atoms with van der Waals surface area (Å²) in [7, 11) is 0. The Balaban J connectivity index is 2.27. The van der Waals surface area contributed by atoms with Crippen LogP contribution in [0.4, 0.5) is 0 Å². The summed E-state index contributed by atoms with van der Waals surface area (Å²) in [6, 6.07) is 15.5. The molecule has 0 aliphatic heterocycles. The molecule has 0 atom stereocenters. The van der Waals surface area contributed by atoms with Gasteiger partial charge in [-0.2, -0.15) is 0 Å². The fraction of sp³-hybridized carbons (Fsp3) is 0.143. The summed E-state index contributed by atoms with van der Waals surface area (Å²) in [6.45, 7) is 0.672. The SMILES string of the molecule is NCCc1ccc(-c2cccc(O)c2)cc1. The molecule has 2 aromatic rings. The number of phenolic OH excluding ortho intramolecular Hbond substituents is 1. The molecule has 0 aliphatic rings. The van der Waals surface area contributed by atoms with E-state index in [-0.39, 0.29) is 0 Å². The van der Waals surface area contributed by atoms with Crippen LogP contribution in [0.25, 0.3) is 11.1 Å². The Morgan fingerprint density at radius 2 is 1.69 bits per heavy atom. The van der Waals surface area contributed by atoms with Crippen LogP contribution in [-0.2, 0) is 6.42 Å². The van der Waals surface area contributed by atoms with Crippen LogP contribution < -0.4 is 5.73 Å². The monoisotopic (exact) mass is 213 g/mol. The van der Waals surface area contributed by atoms with E-state index < -0.39 is 0 Å². The van der Waals surface area contributed by atoms with Crippen molar-refractivity contribution in [2.45, 2.75) is 6.42 Å². The predicted molar refractivity (Wildman–Crippen MR) is 66.3 cm³/mol. The van der Waals surface area contributed by atoms with Crippen molar-refractivity contribution in [1.82, 2.24) is 0 Å². The smallest absolute Gasteiger partial charge is 0.116 e. The predicted octanol–water partition coefficient (Wildman–Crippen LogP) is 2.56. The molecule has 0 amide bonds. The normalized spacial score (nSPS) is 10.3. The molecule has 0 radical (unpaired) electrons. The topological polar surface area (TPSA) is 46.2 Å². The molecule has 2 aromatic carbocycles. The van der Waals surface area contributed by atoms with E-state index in [4.69, 9.17) is 5.73 Å². The summed E-state index contributed by atoms with van der Waals surface area (Å²) in [5, 5.41) is 9.40. The largest absolute Gasteiger partial charge is 0.508 e. The Labute approximate surface area is 95.4 Å². The van der Waals surface area contributed by atoms with Crippen molar-refractivity contribution in [2.75, 3.05) is 6.54 Å². The fourth-order valence-corrected chi connectivity index (χ4v) is 1.72. The zero-order valence-corrected chi connectivity index (χ0v) is 9.06. The summed E-state index contributed by atoms with van der Waals surface area (Å²) in [6.07, 6.45) is 0.903. The average Bonchev–Trinajstić information content (AvgIpc) is 2.30. The second kappa shape index (κ2) is 4.81. The molecule has 0 spiro atoms. The van der Waals surface area contributed by atoms with E-state index >= 15 is 0 Å². The number of rotatable bonds is 3. The molecule has 2 heteroatoms. The highest BCUT2D eigenvalue weighted by Gasteiger charge is 1.98. The first-order chi connectivity index (χ1) is 7.79. The molecule has 2 rings (SSSR count). The van der Waals surface area contributed by atoms with Gasteiger partial charge in [-0.15, -0.1) is 0 Å². The first kappa shape index (κ1) is 10.7. The summed E-state index contributed by atoms with van der Waals surface area (Å²) in [5.74, 6) is 0.295. The number of hydrogen-bond donors (Lipinski definition) is 2. The van der Waals surface area contributed by atoms with Gasteiger partial charge in [0.25, 0.3) is 0 Å². The number of nitrogens with two attached hydrogens (primary N) is 1. The van der Waals surface area contributed by atoms with Gasteiger partial charge >= 0.3 is 0 Å². The van der Waals surface area contributed by atoms with Crippen LogP contribution in [-0.4, -0.2) is 11.7 Å². The van der Waals surface area contributed by atoms with Gasteiger partial charge in [0.2, 0.25) is 0 Å². The highest BCUT2D eigenvalue weighted by Crippen LogP contribution is 2.23. The van der Waals surface area contributed by atoms with Crippen LogP contribution >= 0.6 is 0 Å². The van der Waals surface area contributed by atoms with Gasteiger partial charge in [-0.1, -0.05) is 36.4 Å². The average molecular weight is 213 g/mol. The first-order valence-corrected chi connectivity index (χ1v) is 5.38. The third-order valence-corrected chi connectivity index (χ3v) is 2.57. The van der Waals surface area contributed by atoms with Crippen LogP contribution in [0.5, 0.6) is 5.75 Å². The van der Waals surface area contributed by atoms with Crippen molar-refractivity contribution in [1.29, 1.82) is 0 Å². The first-order valence-electron chi connectivity index (χ1n) is 5.38. The lowest BCUT2D eigenvalue weighted by molar-refractivity contribution is 0.475. The maximum Gasteiger partial charge on any atom is 0.116 e. The molecule has 0 bridgehead atoms. The van der Waals surface area contributed by atoms with Crippen molar-refractivity contribution in [3.05, 3.63) is 54.1 Å². The molecule has 82 valence electrons. The van der Waals surface area contributed by atoms with E-state index in [0.29, 0.717) is 12.3 Å². The molecule has 0 heterocycles. The van der Waals surface area contributed by atoms with E-state index in [0.717, 1.165) is 17.5 Å². The van der Waals surface area contributed by atoms with E-state index in [1.807, 2.05) is 12.1 Å². The molecule has 0 unspecified atom stereocenters. The molecule has 0 saturated carbocycles. The summed E-state index contributed by atoms with van der Waals surface area (Å²) >= 11 is 0. The second-order valence-corrected chi connectivity index (χ2v) is 3.79. The number of benzene rings is 2. The van der Waals surface area contributed by atoms with E-state index in [1.54, 1.807) is 12.1 Å². The Bertz CT molecular complexity index is 462. The van der Waals surface area contributed by atoms with Gasteiger partial charge < -0.3 is 10.8 Å². The maximum absolute atomic E-state index is 9.40. The lowest BCUT2D eigenvalue weighted by atomic mass is 10.0. The molecular formula is C14H15NO. The molecule has 16 heavy (non-hydrogen) atoms. The Morgan fingerprint density at radius 1 is 0.938 bits per heavy atom. The number of phenols is 1. The highest BCUT2D eigenvalue weighted by molar-refractivity contribution is 5.65. The third kappa shape index (κ3) is 2.41. The second-order valence-electron chi connectivity index (χ2n) is 3.79. The molecule has 0 fully saturated rings. The van der Waals surface area contributed by atoms with Crippen molar-refractivity contribution in [2.24, 2.45) is 5.73 Å². The molecule has 2 nitrogen and oxygen atoms in total. The van der Waals surface area contributed by atoms with Crippen LogP contribution in [0.1, 0.15) is 5.56 Å². The standard InChI is InChI=1S/C14H15NO/c15-9-8-11-4-6-12(7-5-11)13-2-1-3-14(16)10-13/h1-7,10,16H,8-9,15H2. The molecule has 0 saturated heterocycles. The maximum atomic E-state index is 9.40. The van der Waals surface area contributed by atoms with Crippen LogP contribution in [0, 0.1) is 0 Å². The van der Waals surface area contributed by atoms with Gasteiger partial charge in [0.1, 0.15) is 5.75 Å². The van der Waals surface area contributed by atoms with Crippen LogP contribution in [0.2, 0.25) is 0 Å². The van der Waals surface area contributed by atoms with E-state index in [2.05, 4.69) is 24.3 Å². The Kier molecular flexibility index (Phi) is 3.22. The molecule has 0 aromatic heterocycles. The Hall–Kier alpha value is -1.80. The lowest BCUT2D eigenvalue weighted by Crippen LogP contribution is -2.02. The summed E-state index contributed by atoms with van der Waals surface area (Å²) in [5.41, 5.74) is 8.87. The minimum absolute atomic E-state index is 0.295. The van der Waals surface area contributed by atoms with Crippen molar-refractivity contribution < 1.29 is 5.11 Å². The van der Waals surface area contributed by atoms with Crippen LogP contribution in [0.15, 0.2) is 48.5 Å². The van der Waals surface area contributed by atoms with Gasteiger partial charge in [0, 0.05) is 0 Å². The third-order valence-electron chi connectivity index (χ3n) is 2.57. The number of aromatic hydroxyl groups is 1. The zero-order valence-electron chi connectivity index (χ0n) is 9.06. The molecular weight excluding hydrogens is 198 g/mol. The van der Waals surface area contributed by atoms with Gasteiger partial charge in [-0.3, -0.25) is 0 Å². The van der Waals surface area contributed by atoms with Crippen LogP contribution in [0.3, 0.4) is 0 Å². The van der Waals surface area contributed by atoms with Crippen molar-refractivity contribution in [3.8, 4) is 16.9 Å². The summed E-state index contributed by atoms with van der Waals surface area (Å²) < 4.78 is 0. The van der Waals surface area contributed by atoms with Gasteiger partial charge in [-0.05, 0) is 41.8 Å². The minimum atomic E-state index is 0.295. The minimum Gasteiger partial charge on any atom is -0.508 e. The fourth-order valence-electron chi connectivity index (χ4n) is 1.72. The summed E-state index contributed by atoms with van der Waals surface area (Å²) in [4.78, 5) is 0. The van der Waals surface area contributed by atoms with Crippen molar-refractivity contribution >= 4 is 0 Å². The van der Waals surface area contributed by atoms with Gasteiger partial charge in [0.05, 0.1) is 0 Å². The highest BCUT2D eigenvalue weighted by atomic mass is 16.3. The van der Waals surface area contributed by atoms with E-state index in [1.165, 1.54) is 5.56 Å². The van der Waals surface area contributed by atoms with Gasteiger partial charge in [-0.25, -0.2) is 0 Å². The van der Waals surface area contributed by atoms with Gasteiger partial charge in [0.15, 0.2) is 0 Å². The quantitative estimate of drug-likeness (QED) is 0.823. The molecule has 3 N–H and O–H groups in total. The number of hydrogen-bond acceptors (Lipinski definition) is 2. The van der Waals surface area contributed by atoms with E-state index in [9.17, 15) is 5.11 Å². The zero-order chi connectivity index (χ0) is 11.4. The lowest BCUT2D eigenvalue weighted by Gasteiger charge is -2.04. The molecule has 0 aliphatic carbocycles.